The number of hydrogen-bond acceptors (Lipinski definition) is 5. The number of benzene rings is 3. The molecule has 1 heterocycles. The van der Waals surface area contributed by atoms with Crippen molar-refractivity contribution in [1.82, 2.24) is 19.9 Å². The van der Waals surface area contributed by atoms with Crippen LogP contribution in [0, 0.1) is 0 Å². The smallest absolute Gasteiger partial charge is 0.243 e. The van der Waals surface area contributed by atoms with Crippen molar-refractivity contribution in [2.45, 2.75) is 62.2 Å². The third-order valence-corrected chi connectivity index (χ3v) is 8.93. The van der Waals surface area contributed by atoms with Crippen molar-refractivity contribution in [1.29, 1.82) is 0 Å². The Bertz CT molecular complexity index is 1590. The fourth-order valence-corrected chi connectivity index (χ4v) is 6.16. The number of hydrogen-bond donors (Lipinski definition) is 2. The van der Waals surface area contributed by atoms with Crippen LogP contribution in [0.15, 0.2) is 114 Å². The Morgan fingerprint density at radius 3 is 2.09 bits per heavy atom. The Morgan fingerprint density at radius 1 is 0.814 bits per heavy atom. The first-order chi connectivity index (χ1) is 20.9. The predicted octanol–water partition coefficient (Wildman–Crippen LogP) is 4.41. The highest BCUT2D eigenvalue weighted by Gasteiger charge is 2.31. The normalized spacial score (nSPS) is 13.7. The van der Waals surface area contributed by atoms with Gasteiger partial charge in [0, 0.05) is 31.6 Å². The van der Waals surface area contributed by atoms with Gasteiger partial charge >= 0.3 is 0 Å². The first kappa shape index (κ1) is 30.1. The largest absolute Gasteiger partial charge is 0.349 e. The molecule has 0 spiro atoms. The number of carbonyl (C=O) groups is 2. The summed E-state index contributed by atoms with van der Waals surface area (Å²) in [5, 5.41) is 2.99. The van der Waals surface area contributed by atoms with Gasteiger partial charge in [-0.1, -0.05) is 78.9 Å². The molecule has 0 radical (unpaired) electrons. The van der Waals surface area contributed by atoms with Gasteiger partial charge in [-0.3, -0.25) is 14.6 Å². The minimum absolute atomic E-state index is 0.0304. The van der Waals surface area contributed by atoms with Gasteiger partial charge in [-0.15, -0.1) is 0 Å². The maximum absolute atomic E-state index is 13.9. The highest BCUT2D eigenvalue weighted by atomic mass is 32.2. The van der Waals surface area contributed by atoms with Crippen molar-refractivity contribution in [2.24, 2.45) is 0 Å². The van der Waals surface area contributed by atoms with Crippen LogP contribution in [-0.2, 0) is 45.5 Å². The van der Waals surface area contributed by atoms with Crippen molar-refractivity contribution in [3.63, 3.8) is 0 Å². The average molecular weight is 597 g/mol. The van der Waals surface area contributed by atoms with E-state index in [1.54, 1.807) is 35.4 Å². The highest BCUT2D eigenvalue weighted by Crippen LogP contribution is 2.23. The quantitative estimate of drug-likeness (QED) is 0.224. The second-order valence-corrected chi connectivity index (χ2v) is 12.5. The lowest BCUT2D eigenvalue weighted by Crippen LogP contribution is -2.50. The van der Waals surface area contributed by atoms with Crippen molar-refractivity contribution < 1.29 is 18.0 Å². The molecule has 1 unspecified atom stereocenters. The van der Waals surface area contributed by atoms with Gasteiger partial charge in [0.25, 0.3) is 0 Å². The van der Waals surface area contributed by atoms with Gasteiger partial charge in [0.2, 0.25) is 21.8 Å². The Labute approximate surface area is 253 Å². The van der Waals surface area contributed by atoms with Gasteiger partial charge in [-0.2, -0.15) is 0 Å². The minimum atomic E-state index is -3.54. The SMILES string of the molecule is O=C(NCc1ccccn1)C(Cc1ccccc1)N(Cc1ccccc1)C(=O)CCc1ccc(S(=O)(=O)NC2CC2)cc1. The molecule has 9 heteroatoms. The van der Waals surface area contributed by atoms with Crippen LogP contribution in [0.5, 0.6) is 0 Å². The third kappa shape index (κ3) is 8.83. The molecule has 0 aliphatic heterocycles. The molecule has 1 aromatic heterocycles. The summed E-state index contributed by atoms with van der Waals surface area (Å²) in [4.78, 5) is 33.8. The molecule has 0 saturated heterocycles. The van der Waals surface area contributed by atoms with E-state index in [4.69, 9.17) is 0 Å². The second kappa shape index (κ2) is 14.2. The van der Waals surface area contributed by atoms with E-state index in [-0.39, 0.29) is 42.3 Å². The second-order valence-electron chi connectivity index (χ2n) is 10.8. The molecule has 1 fully saturated rings. The van der Waals surface area contributed by atoms with Crippen molar-refractivity contribution >= 4 is 21.8 Å². The summed E-state index contributed by atoms with van der Waals surface area (Å²) in [5.74, 6) is -0.415. The van der Waals surface area contributed by atoms with Crippen LogP contribution in [0.3, 0.4) is 0 Å². The van der Waals surface area contributed by atoms with E-state index in [1.165, 1.54) is 0 Å². The molecule has 1 saturated carbocycles. The van der Waals surface area contributed by atoms with E-state index < -0.39 is 16.1 Å². The highest BCUT2D eigenvalue weighted by molar-refractivity contribution is 7.89. The number of aryl methyl sites for hydroxylation is 1. The van der Waals surface area contributed by atoms with E-state index in [0.29, 0.717) is 12.8 Å². The zero-order valence-electron chi connectivity index (χ0n) is 23.9. The maximum Gasteiger partial charge on any atom is 0.243 e. The Kier molecular flexibility index (Phi) is 9.96. The number of nitrogens with one attached hydrogen (secondary N) is 2. The molecule has 2 amide bonds. The lowest BCUT2D eigenvalue weighted by Gasteiger charge is -2.31. The van der Waals surface area contributed by atoms with Gasteiger partial charge < -0.3 is 10.2 Å². The summed E-state index contributed by atoms with van der Waals surface area (Å²) < 4.78 is 27.8. The number of rotatable bonds is 14. The molecular weight excluding hydrogens is 560 g/mol. The average Bonchev–Trinajstić information content (AvgIpc) is 3.85. The molecule has 1 aliphatic carbocycles. The molecule has 43 heavy (non-hydrogen) atoms. The first-order valence-electron chi connectivity index (χ1n) is 14.5. The first-order valence-corrected chi connectivity index (χ1v) is 16.0. The van der Waals surface area contributed by atoms with Crippen molar-refractivity contribution in [3.05, 3.63) is 132 Å². The summed E-state index contributed by atoms with van der Waals surface area (Å²) in [6, 6.07) is 30.8. The van der Waals surface area contributed by atoms with Crippen LogP contribution < -0.4 is 10.0 Å². The van der Waals surface area contributed by atoms with Gasteiger partial charge in [0.1, 0.15) is 6.04 Å². The van der Waals surface area contributed by atoms with Crippen LogP contribution in [-0.4, -0.2) is 42.2 Å². The third-order valence-electron chi connectivity index (χ3n) is 7.40. The number of amides is 2. The summed E-state index contributed by atoms with van der Waals surface area (Å²) in [6.45, 7) is 0.529. The number of aromatic nitrogens is 1. The fraction of sp³-hybridized carbons (Fsp3) is 0.265. The molecule has 4 aromatic rings. The Balaban J connectivity index is 1.34. The van der Waals surface area contributed by atoms with Crippen molar-refractivity contribution in [3.8, 4) is 0 Å². The fourth-order valence-electron chi connectivity index (χ4n) is 4.85. The number of sulfonamides is 1. The van der Waals surface area contributed by atoms with Crippen LogP contribution in [0.4, 0.5) is 0 Å². The molecule has 2 N–H and O–H groups in total. The van der Waals surface area contributed by atoms with Crippen LogP contribution in [0.1, 0.15) is 41.6 Å². The predicted molar refractivity (Wildman–Crippen MR) is 165 cm³/mol. The van der Waals surface area contributed by atoms with Crippen LogP contribution in [0.25, 0.3) is 0 Å². The summed E-state index contributed by atoms with van der Waals surface area (Å²) in [6.07, 6.45) is 4.34. The lowest BCUT2D eigenvalue weighted by molar-refractivity contribution is -0.141. The molecule has 1 atom stereocenters. The summed E-state index contributed by atoms with van der Waals surface area (Å²) in [5.41, 5.74) is 3.44. The van der Waals surface area contributed by atoms with Gasteiger partial charge in [0.15, 0.2) is 0 Å². The van der Waals surface area contributed by atoms with E-state index in [1.807, 2.05) is 78.9 Å². The lowest BCUT2D eigenvalue weighted by atomic mass is 10.0. The van der Waals surface area contributed by atoms with E-state index in [0.717, 1.165) is 35.2 Å². The van der Waals surface area contributed by atoms with E-state index in [2.05, 4.69) is 15.0 Å². The van der Waals surface area contributed by atoms with E-state index >= 15 is 0 Å². The molecular formula is C34H36N4O4S. The van der Waals surface area contributed by atoms with Gasteiger partial charge in [-0.25, -0.2) is 13.1 Å². The summed E-state index contributed by atoms with van der Waals surface area (Å²) >= 11 is 0. The minimum Gasteiger partial charge on any atom is -0.349 e. The topological polar surface area (TPSA) is 108 Å². The molecule has 5 rings (SSSR count). The molecule has 8 nitrogen and oxygen atoms in total. The number of pyridine rings is 1. The molecule has 3 aromatic carbocycles. The molecule has 1 aliphatic rings. The zero-order chi connectivity index (χ0) is 30.1. The Hall–Kier alpha value is -4.34. The standard InChI is InChI=1S/C34H36N4O4S/c39-33(21-16-26-14-19-31(20-15-26)43(41,42)37-29-17-18-29)38(25-28-11-5-2-6-12-28)32(23-27-9-3-1-4-10-27)34(40)36-24-30-13-7-8-22-35-30/h1-15,19-20,22,29,32,37H,16-18,21,23-25H2,(H,36,40). The van der Waals surface area contributed by atoms with Crippen LogP contribution in [0.2, 0.25) is 0 Å². The Morgan fingerprint density at radius 2 is 1.47 bits per heavy atom. The molecule has 222 valence electrons. The number of carbonyl (C=O) groups excluding carboxylic acids is 2. The monoisotopic (exact) mass is 596 g/mol. The summed E-state index contributed by atoms with van der Waals surface area (Å²) in [7, 11) is -3.54. The van der Waals surface area contributed by atoms with E-state index in [9.17, 15) is 18.0 Å². The van der Waals surface area contributed by atoms with Crippen LogP contribution >= 0.6 is 0 Å². The zero-order valence-corrected chi connectivity index (χ0v) is 24.7. The maximum atomic E-state index is 13.9. The number of nitrogens with zero attached hydrogens (tertiary/aromatic N) is 2. The molecule has 0 bridgehead atoms. The van der Waals surface area contributed by atoms with Gasteiger partial charge in [-0.05, 0) is 60.2 Å². The van der Waals surface area contributed by atoms with Gasteiger partial charge in [0.05, 0.1) is 17.1 Å². The van der Waals surface area contributed by atoms with Crippen molar-refractivity contribution in [2.75, 3.05) is 0 Å².